The number of methoxy groups -OCH3 is 1. The molecule has 5 nitrogen and oxygen atoms in total. The number of carbonyl (C=O) groups is 1. The topological polar surface area (TPSA) is 54.0 Å². The summed E-state index contributed by atoms with van der Waals surface area (Å²) in [6, 6.07) is 15.5. The van der Waals surface area contributed by atoms with Crippen LogP contribution < -0.4 is 9.47 Å². The van der Waals surface area contributed by atoms with Gasteiger partial charge >= 0.3 is 0 Å². The zero-order chi connectivity index (χ0) is 25.8. The molecule has 1 saturated carbocycles. The molecule has 196 valence electrons. The standard InChI is InChI=1S/C30H39FO5/c1-5-34-24-18-26(21-9-7-6-8-10-21)36-30(19-24)15-13-22(14-16-30)28(32)23-11-12-25(27(17-23)33-4)35-20-29(2,3)31/h6-12,17,22,24,26H,5,13-16,18-20H2,1-4H3. The summed E-state index contributed by atoms with van der Waals surface area (Å²) in [5.74, 6) is 0.922. The van der Waals surface area contributed by atoms with Crippen molar-refractivity contribution in [3.63, 3.8) is 0 Å². The number of alkyl halides is 1. The molecule has 0 radical (unpaired) electrons. The van der Waals surface area contributed by atoms with Gasteiger partial charge in [-0.3, -0.25) is 4.79 Å². The fourth-order valence-corrected chi connectivity index (χ4v) is 5.52. The normalized spacial score (nSPS) is 26.5. The highest BCUT2D eigenvalue weighted by molar-refractivity contribution is 5.98. The van der Waals surface area contributed by atoms with Crippen LogP contribution in [0, 0.1) is 5.92 Å². The molecule has 2 aromatic carbocycles. The Morgan fingerprint density at radius 3 is 2.47 bits per heavy atom. The molecule has 36 heavy (non-hydrogen) atoms. The summed E-state index contributed by atoms with van der Waals surface area (Å²) in [4.78, 5) is 13.4. The van der Waals surface area contributed by atoms with E-state index in [9.17, 15) is 9.18 Å². The molecular weight excluding hydrogens is 459 g/mol. The molecule has 2 unspecified atom stereocenters. The summed E-state index contributed by atoms with van der Waals surface area (Å²) in [5, 5.41) is 0. The van der Waals surface area contributed by atoms with E-state index in [1.807, 2.05) is 25.1 Å². The van der Waals surface area contributed by atoms with Crippen LogP contribution >= 0.6 is 0 Å². The van der Waals surface area contributed by atoms with Crippen LogP contribution in [0.2, 0.25) is 0 Å². The lowest BCUT2D eigenvalue weighted by Crippen LogP contribution is -2.47. The zero-order valence-electron chi connectivity index (χ0n) is 21.9. The number of halogens is 1. The molecule has 1 spiro atoms. The van der Waals surface area contributed by atoms with Gasteiger partial charge in [0, 0.05) is 30.9 Å². The lowest BCUT2D eigenvalue weighted by molar-refractivity contribution is -0.189. The third kappa shape index (κ3) is 6.46. The van der Waals surface area contributed by atoms with Crippen LogP contribution in [-0.2, 0) is 9.47 Å². The van der Waals surface area contributed by atoms with E-state index in [2.05, 4.69) is 12.1 Å². The summed E-state index contributed by atoms with van der Waals surface area (Å²) < 4.78 is 37.7. The molecule has 1 saturated heterocycles. The molecule has 4 rings (SSSR count). The molecule has 2 aromatic rings. The lowest BCUT2D eigenvalue weighted by Gasteiger charge is -2.48. The van der Waals surface area contributed by atoms with Crippen LogP contribution in [0.15, 0.2) is 48.5 Å². The Morgan fingerprint density at radius 2 is 1.83 bits per heavy atom. The van der Waals surface area contributed by atoms with Crippen LogP contribution in [-0.4, -0.2) is 43.5 Å². The molecule has 2 fully saturated rings. The van der Waals surface area contributed by atoms with E-state index in [1.165, 1.54) is 26.5 Å². The number of benzene rings is 2. The number of Topliss-reactive ketones (excluding diaryl/α,β-unsaturated/α-hetero) is 1. The Labute approximate surface area is 214 Å². The van der Waals surface area contributed by atoms with Gasteiger partial charge in [0.1, 0.15) is 12.3 Å². The maximum absolute atomic E-state index is 13.9. The van der Waals surface area contributed by atoms with Crippen LogP contribution in [0.5, 0.6) is 11.5 Å². The molecule has 0 aromatic heterocycles. The van der Waals surface area contributed by atoms with Crippen molar-refractivity contribution < 1.29 is 28.1 Å². The maximum Gasteiger partial charge on any atom is 0.166 e. The Balaban J connectivity index is 1.43. The molecule has 0 bridgehead atoms. The molecule has 2 atom stereocenters. The molecule has 0 N–H and O–H groups in total. The predicted molar refractivity (Wildman–Crippen MR) is 138 cm³/mol. The molecule has 1 aliphatic carbocycles. The third-order valence-electron chi connectivity index (χ3n) is 7.33. The van der Waals surface area contributed by atoms with Crippen molar-refractivity contribution in [1.82, 2.24) is 0 Å². The highest BCUT2D eigenvalue weighted by Crippen LogP contribution is 2.47. The van der Waals surface area contributed by atoms with E-state index in [1.54, 1.807) is 18.2 Å². The average Bonchev–Trinajstić information content (AvgIpc) is 2.87. The fourth-order valence-electron chi connectivity index (χ4n) is 5.52. The van der Waals surface area contributed by atoms with Gasteiger partial charge in [-0.15, -0.1) is 0 Å². The van der Waals surface area contributed by atoms with E-state index in [-0.39, 0.29) is 36.1 Å². The van der Waals surface area contributed by atoms with Crippen LogP contribution in [0.25, 0.3) is 0 Å². The van der Waals surface area contributed by atoms with Gasteiger partial charge in [-0.25, -0.2) is 4.39 Å². The van der Waals surface area contributed by atoms with Crippen molar-refractivity contribution in [2.45, 2.75) is 82.8 Å². The van der Waals surface area contributed by atoms with Crippen molar-refractivity contribution in [1.29, 1.82) is 0 Å². The van der Waals surface area contributed by atoms with E-state index in [0.29, 0.717) is 23.7 Å². The van der Waals surface area contributed by atoms with Crippen LogP contribution in [0.1, 0.15) is 81.3 Å². The largest absolute Gasteiger partial charge is 0.493 e. The molecule has 2 aliphatic rings. The minimum Gasteiger partial charge on any atom is -0.493 e. The second-order valence-corrected chi connectivity index (χ2v) is 10.7. The highest BCUT2D eigenvalue weighted by Gasteiger charge is 2.45. The van der Waals surface area contributed by atoms with Crippen molar-refractivity contribution in [2.24, 2.45) is 5.92 Å². The Kier molecular flexibility index (Phi) is 8.36. The second-order valence-electron chi connectivity index (χ2n) is 10.7. The summed E-state index contributed by atoms with van der Waals surface area (Å²) in [6.07, 6.45) is 5.11. The third-order valence-corrected chi connectivity index (χ3v) is 7.33. The number of ketones is 1. The van der Waals surface area contributed by atoms with Gasteiger partial charge in [-0.2, -0.15) is 0 Å². The maximum atomic E-state index is 13.9. The van der Waals surface area contributed by atoms with Crippen molar-refractivity contribution in [2.75, 3.05) is 20.3 Å². The van der Waals surface area contributed by atoms with Crippen molar-refractivity contribution in [3.8, 4) is 11.5 Å². The van der Waals surface area contributed by atoms with Gasteiger partial charge in [0.25, 0.3) is 0 Å². The molecular formula is C30H39FO5. The zero-order valence-corrected chi connectivity index (χ0v) is 21.9. The summed E-state index contributed by atoms with van der Waals surface area (Å²) >= 11 is 0. The average molecular weight is 499 g/mol. The molecule has 0 amide bonds. The Morgan fingerprint density at radius 1 is 1.11 bits per heavy atom. The van der Waals surface area contributed by atoms with Gasteiger partial charge in [-0.1, -0.05) is 30.3 Å². The van der Waals surface area contributed by atoms with Crippen molar-refractivity contribution >= 4 is 5.78 Å². The summed E-state index contributed by atoms with van der Waals surface area (Å²) in [6.45, 7) is 5.56. The highest BCUT2D eigenvalue weighted by atomic mass is 19.1. The molecule has 6 heteroatoms. The van der Waals surface area contributed by atoms with Gasteiger partial charge in [-0.05, 0) is 70.2 Å². The quantitative estimate of drug-likeness (QED) is 0.352. The van der Waals surface area contributed by atoms with E-state index >= 15 is 0 Å². The van der Waals surface area contributed by atoms with E-state index in [4.69, 9.17) is 18.9 Å². The smallest absolute Gasteiger partial charge is 0.166 e. The SMILES string of the molecule is CCOC1CC(c2ccccc2)OC2(CCC(C(=O)c3ccc(OCC(C)(C)F)c(OC)c3)CC2)C1. The van der Waals surface area contributed by atoms with E-state index in [0.717, 1.165) is 38.5 Å². The number of ether oxygens (including phenoxy) is 4. The fraction of sp³-hybridized carbons (Fsp3) is 0.567. The number of hydrogen-bond donors (Lipinski definition) is 0. The first-order valence-electron chi connectivity index (χ1n) is 13.1. The molecule has 1 aliphatic heterocycles. The second kappa shape index (κ2) is 11.3. The number of carbonyl (C=O) groups excluding carboxylic acids is 1. The summed E-state index contributed by atoms with van der Waals surface area (Å²) in [7, 11) is 1.53. The minimum absolute atomic E-state index is 0.00913. The van der Waals surface area contributed by atoms with E-state index < -0.39 is 5.67 Å². The molecule has 1 heterocycles. The number of hydrogen-bond acceptors (Lipinski definition) is 5. The predicted octanol–water partition coefficient (Wildman–Crippen LogP) is 6.89. The van der Waals surface area contributed by atoms with Gasteiger partial charge in [0.05, 0.1) is 24.9 Å². The first kappa shape index (κ1) is 26.6. The summed E-state index contributed by atoms with van der Waals surface area (Å²) in [5.41, 5.74) is 0.0622. The Hall–Kier alpha value is -2.44. The Bertz CT molecular complexity index is 1010. The van der Waals surface area contributed by atoms with Gasteiger partial charge in [0.2, 0.25) is 0 Å². The van der Waals surface area contributed by atoms with Gasteiger partial charge in [0.15, 0.2) is 17.3 Å². The van der Waals surface area contributed by atoms with Gasteiger partial charge < -0.3 is 18.9 Å². The monoisotopic (exact) mass is 498 g/mol. The number of rotatable bonds is 9. The van der Waals surface area contributed by atoms with Crippen LogP contribution in [0.3, 0.4) is 0 Å². The van der Waals surface area contributed by atoms with Crippen molar-refractivity contribution in [3.05, 3.63) is 59.7 Å². The first-order chi connectivity index (χ1) is 17.2. The lowest BCUT2D eigenvalue weighted by atomic mass is 9.72. The van der Waals surface area contributed by atoms with Crippen LogP contribution in [0.4, 0.5) is 4.39 Å². The minimum atomic E-state index is -1.46. The first-order valence-corrected chi connectivity index (χ1v) is 13.1.